The van der Waals surface area contributed by atoms with Crippen LogP contribution in [0.5, 0.6) is 0 Å². The van der Waals surface area contributed by atoms with Crippen molar-refractivity contribution in [1.82, 2.24) is 4.90 Å². The van der Waals surface area contributed by atoms with Gasteiger partial charge in [-0.1, -0.05) is 29.4 Å². The van der Waals surface area contributed by atoms with Crippen LogP contribution in [0.3, 0.4) is 0 Å². The Morgan fingerprint density at radius 2 is 2.33 bits per heavy atom. The summed E-state index contributed by atoms with van der Waals surface area (Å²) in [4.78, 5) is 13.4. The Kier molecular flexibility index (Phi) is 4.34. The van der Waals surface area contributed by atoms with Crippen molar-refractivity contribution in [3.8, 4) is 0 Å². The molecule has 0 radical (unpaired) electrons. The molecular weight excluding hydrogens is 258 g/mol. The van der Waals surface area contributed by atoms with Gasteiger partial charge in [0.15, 0.2) is 0 Å². The summed E-state index contributed by atoms with van der Waals surface area (Å²) < 4.78 is 0.916. The summed E-state index contributed by atoms with van der Waals surface area (Å²) in [6.07, 6.45) is 2.46. The van der Waals surface area contributed by atoms with Gasteiger partial charge >= 0.3 is 5.97 Å². The van der Waals surface area contributed by atoms with E-state index in [-0.39, 0.29) is 0 Å². The highest BCUT2D eigenvalue weighted by atomic mass is 79.9. The molecule has 1 N–H and O–H groups in total. The highest BCUT2D eigenvalue weighted by Crippen LogP contribution is 2.33. The molecule has 1 rings (SSSR count). The minimum absolute atomic E-state index is 0.541. The molecule has 86 valence electrons. The minimum Gasteiger partial charge on any atom is -0.481 e. The molecule has 0 bridgehead atoms. The van der Waals surface area contributed by atoms with E-state index in [1.807, 2.05) is 6.92 Å². The first kappa shape index (κ1) is 12.7. The monoisotopic (exact) mass is 275 g/mol. The van der Waals surface area contributed by atoms with Crippen LogP contribution in [0.1, 0.15) is 26.2 Å². The van der Waals surface area contributed by atoms with Crippen LogP contribution in [0.4, 0.5) is 0 Å². The van der Waals surface area contributed by atoms with Crippen molar-refractivity contribution in [1.29, 1.82) is 0 Å². The summed E-state index contributed by atoms with van der Waals surface area (Å²) >= 11 is 3.32. The molecule has 0 saturated carbocycles. The summed E-state index contributed by atoms with van der Waals surface area (Å²) in [6.45, 7) is 8.11. The van der Waals surface area contributed by atoms with Crippen LogP contribution in [0, 0.1) is 5.41 Å². The van der Waals surface area contributed by atoms with Crippen molar-refractivity contribution in [3.63, 3.8) is 0 Å². The van der Waals surface area contributed by atoms with E-state index in [2.05, 4.69) is 27.4 Å². The summed E-state index contributed by atoms with van der Waals surface area (Å²) in [7, 11) is 0. The zero-order chi connectivity index (χ0) is 11.5. The summed E-state index contributed by atoms with van der Waals surface area (Å²) in [5.41, 5.74) is -0.541. The smallest absolute Gasteiger partial charge is 0.310 e. The van der Waals surface area contributed by atoms with E-state index in [9.17, 15) is 9.90 Å². The normalized spacial score (nSPS) is 27.6. The summed E-state index contributed by atoms with van der Waals surface area (Å²) in [5, 5.41) is 9.28. The largest absolute Gasteiger partial charge is 0.481 e. The lowest BCUT2D eigenvalue weighted by Gasteiger charge is -2.39. The molecule has 1 unspecified atom stereocenters. The Labute approximate surface area is 99.3 Å². The molecule has 15 heavy (non-hydrogen) atoms. The first-order valence-corrected chi connectivity index (χ1v) is 6.08. The molecule has 0 spiro atoms. The molecule has 1 fully saturated rings. The fourth-order valence-electron chi connectivity index (χ4n) is 2.22. The van der Waals surface area contributed by atoms with Crippen LogP contribution in [0.25, 0.3) is 0 Å². The number of carbonyl (C=O) groups is 1. The van der Waals surface area contributed by atoms with E-state index >= 15 is 0 Å². The number of aliphatic carboxylic acids is 1. The molecule has 0 aromatic carbocycles. The molecule has 1 aliphatic heterocycles. The number of rotatable bonds is 4. The zero-order valence-electron chi connectivity index (χ0n) is 9.13. The second-order valence-corrected chi connectivity index (χ2v) is 5.39. The van der Waals surface area contributed by atoms with E-state index in [4.69, 9.17) is 0 Å². The first-order valence-electron chi connectivity index (χ1n) is 5.29. The molecule has 0 amide bonds. The predicted octanol–water partition coefficient (Wildman–Crippen LogP) is 2.47. The van der Waals surface area contributed by atoms with Crippen molar-refractivity contribution >= 4 is 21.9 Å². The summed E-state index contributed by atoms with van der Waals surface area (Å²) in [5.74, 6) is -0.658. The molecule has 3 nitrogen and oxygen atoms in total. The fraction of sp³-hybridized carbons (Fsp3) is 0.727. The lowest BCUT2D eigenvalue weighted by atomic mass is 9.77. The summed E-state index contributed by atoms with van der Waals surface area (Å²) in [6, 6.07) is 0. The molecule has 1 heterocycles. The number of likely N-dealkylation sites (tertiary alicyclic amines) is 1. The highest BCUT2D eigenvalue weighted by molar-refractivity contribution is 9.11. The Balaban J connectivity index is 2.68. The van der Waals surface area contributed by atoms with Crippen LogP contribution in [0.15, 0.2) is 11.1 Å². The van der Waals surface area contributed by atoms with Crippen molar-refractivity contribution in [2.75, 3.05) is 19.6 Å². The van der Waals surface area contributed by atoms with Crippen molar-refractivity contribution in [2.24, 2.45) is 5.41 Å². The Morgan fingerprint density at radius 3 is 2.80 bits per heavy atom. The molecule has 1 saturated heterocycles. The third kappa shape index (κ3) is 3.05. The highest BCUT2D eigenvalue weighted by Gasteiger charge is 2.40. The lowest BCUT2D eigenvalue weighted by molar-refractivity contribution is -0.152. The SMILES string of the molecule is C=C(Br)CN1CCCC(CC)(C(=O)O)C1. The van der Waals surface area contributed by atoms with Crippen LogP contribution in [-0.2, 0) is 4.79 Å². The number of piperidine rings is 1. The molecule has 1 atom stereocenters. The van der Waals surface area contributed by atoms with Gasteiger partial charge in [-0.3, -0.25) is 9.69 Å². The molecule has 0 aromatic rings. The van der Waals surface area contributed by atoms with Gasteiger partial charge in [-0.2, -0.15) is 0 Å². The molecule has 0 aliphatic carbocycles. The number of hydrogen-bond donors (Lipinski definition) is 1. The second kappa shape index (κ2) is 5.12. The molecule has 0 aromatic heterocycles. The molecule has 1 aliphatic rings. The minimum atomic E-state index is -0.658. The fourth-order valence-corrected chi connectivity index (χ4v) is 2.57. The van der Waals surface area contributed by atoms with Crippen molar-refractivity contribution < 1.29 is 9.90 Å². The topological polar surface area (TPSA) is 40.5 Å². The number of nitrogens with zero attached hydrogens (tertiary/aromatic N) is 1. The number of hydrogen-bond acceptors (Lipinski definition) is 2. The Bertz CT molecular complexity index is 267. The van der Waals surface area contributed by atoms with Crippen molar-refractivity contribution in [3.05, 3.63) is 11.1 Å². The van der Waals surface area contributed by atoms with Crippen molar-refractivity contribution in [2.45, 2.75) is 26.2 Å². The zero-order valence-corrected chi connectivity index (χ0v) is 10.7. The average molecular weight is 276 g/mol. The van der Waals surface area contributed by atoms with Gasteiger partial charge < -0.3 is 5.11 Å². The van der Waals surface area contributed by atoms with Crippen LogP contribution in [-0.4, -0.2) is 35.6 Å². The third-order valence-corrected chi connectivity index (χ3v) is 3.43. The standard InChI is InChI=1S/C11H18BrNO2/c1-3-11(10(14)15)5-4-6-13(8-11)7-9(2)12/h2-8H2,1H3,(H,14,15). The maximum atomic E-state index is 11.3. The van der Waals surface area contributed by atoms with E-state index < -0.39 is 11.4 Å². The average Bonchev–Trinajstić information content (AvgIpc) is 2.16. The second-order valence-electron chi connectivity index (χ2n) is 4.27. The molecule has 4 heteroatoms. The van der Waals surface area contributed by atoms with Gasteiger partial charge in [-0.15, -0.1) is 0 Å². The third-order valence-electron chi connectivity index (χ3n) is 3.18. The number of halogens is 1. The van der Waals surface area contributed by atoms with E-state index in [0.29, 0.717) is 13.0 Å². The Hall–Kier alpha value is -0.350. The van der Waals surface area contributed by atoms with Gasteiger partial charge in [0.25, 0.3) is 0 Å². The van der Waals surface area contributed by atoms with E-state index in [1.165, 1.54) is 0 Å². The van der Waals surface area contributed by atoms with Gasteiger partial charge in [0.1, 0.15) is 0 Å². The van der Waals surface area contributed by atoms with E-state index in [1.54, 1.807) is 0 Å². The maximum absolute atomic E-state index is 11.3. The number of carboxylic acid groups (broad SMARTS) is 1. The van der Waals surface area contributed by atoms with E-state index in [0.717, 1.165) is 30.4 Å². The van der Waals surface area contributed by atoms with Gasteiger partial charge in [0.2, 0.25) is 0 Å². The first-order chi connectivity index (χ1) is 7.00. The van der Waals surface area contributed by atoms with Gasteiger partial charge in [0, 0.05) is 17.6 Å². The van der Waals surface area contributed by atoms with Crippen LogP contribution in [0.2, 0.25) is 0 Å². The van der Waals surface area contributed by atoms with Gasteiger partial charge in [-0.05, 0) is 25.8 Å². The number of carboxylic acids is 1. The van der Waals surface area contributed by atoms with Crippen LogP contribution >= 0.6 is 15.9 Å². The quantitative estimate of drug-likeness (QED) is 0.857. The van der Waals surface area contributed by atoms with Gasteiger partial charge in [0.05, 0.1) is 5.41 Å². The lowest BCUT2D eigenvalue weighted by Crippen LogP contribution is -2.47. The Morgan fingerprint density at radius 1 is 1.67 bits per heavy atom. The maximum Gasteiger partial charge on any atom is 0.310 e. The molecular formula is C11H18BrNO2. The van der Waals surface area contributed by atoms with Crippen LogP contribution < -0.4 is 0 Å². The predicted molar refractivity (Wildman–Crippen MR) is 64.1 cm³/mol. The van der Waals surface area contributed by atoms with Gasteiger partial charge in [-0.25, -0.2) is 0 Å².